The Morgan fingerprint density at radius 1 is 0.971 bits per heavy atom. The number of aliphatic hydroxyl groups excluding tert-OH is 2. The van der Waals surface area contributed by atoms with Crippen LogP contribution in [-0.2, 0) is 4.79 Å². The van der Waals surface area contributed by atoms with Crippen LogP contribution >= 0.6 is 0 Å². The van der Waals surface area contributed by atoms with E-state index in [2.05, 4.69) is 22.1 Å². The fraction of sp³-hybridized carbons (Fsp3) is 0.385. The summed E-state index contributed by atoms with van der Waals surface area (Å²) in [4.78, 5) is 30.1. The third kappa shape index (κ3) is 6.50. The van der Waals surface area contributed by atoms with Crippen molar-refractivity contribution in [2.75, 3.05) is 56.7 Å². The minimum absolute atomic E-state index is 0.420. The first kappa shape index (κ1) is 25.1. The molecule has 180 valence electrons. The third-order valence-corrected chi connectivity index (χ3v) is 5.80. The van der Waals surface area contributed by atoms with Crippen LogP contribution < -0.4 is 15.1 Å². The van der Waals surface area contributed by atoms with Gasteiger partial charge >= 0.3 is 6.03 Å². The molecule has 0 radical (unpaired) electrons. The Kier molecular flexibility index (Phi) is 8.52. The number of hydrogen-bond donors (Lipinski definition) is 3. The van der Waals surface area contributed by atoms with Crippen LogP contribution in [0, 0.1) is 11.8 Å². The largest absolute Gasteiger partial charge is 0.391 e. The summed E-state index contributed by atoms with van der Waals surface area (Å²) in [6, 6.07) is 14.6. The molecule has 0 saturated carbocycles. The second-order valence-electron chi connectivity index (χ2n) is 8.50. The molecule has 3 rings (SSSR count). The summed E-state index contributed by atoms with van der Waals surface area (Å²) in [5.41, 5.74) is 4.07. The average molecular weight is 465 g/mol. The number of Topliss-reactive ketones (excluding diaryl/α,β-unsaturated/α-hetero) is 1. The molecule has 2 amide bonds. The molecule has 1 aliphatic rings. The molecular formula is C26H32N4O4. The summed E-state index contributed by atoms with van der Waals surface area (Å²) >= 11 is 0. The molecule has 34 heavy (non-hydrogen) atoms. The number of nitrogens with one attached hydrogen (secondary N) is 1. The predicted molar refractivity (Wildman–Crippen MR) is 133 cm³/mol. The van der Waals surface area contributed by atoms with E-state index in [1.165, 1.54) is 6.92 Å². The van der Waals surface area contributed by atoms with E-state index in [0.29, 0.717) is 26.2 Å². The van der Waals surface area contributed by atoms with Gasteiger partial charge in [-0.2, -0.15) is 0 Å². The Labute approximate surface area is 200 Å². The second kappa shape index (κ2) is 11.5. The lowest BCUT2D eigenvalue weighted by Gasteiger charge is -2.36. The number of ketones is 1. The van der Waals surface area contributed by atoms with E-state index in [0.717, 1.165) is 22.5 Å². The lowest BCUT2D eigenvalue weighted by atomic mass is 10.1. The Morgan fingerprint density at radius 3 is 1.97 bits per heavy atom. The number of anilines is 2. The van der Waals surface area contributed by atoms with Crippen LogP contribution in [-0.4, -0.2) is 86.0 Å². The number of urea groups is 1. The van der Waals surface area contributed by atoms with E-state index in [4.69, 9.17) is 5.11 Å². The van der Waals surface area contributed by atoms with Crippen molar-refractivity contribution in [1.82, 2.24) is 10.2 Å². The molecule has 1 aliphatic heterocycles. The highest BCUT2D eigenvalue weighted by Crippen LogP contribution is 2.18. The van der Waals surface area contributed by atoms with Crippen molar-refractivity contribution in [3.05, 3.63) is 59.7 Å². The van der Waals surface area contributed by atoms with Gasteiger partial charge in [0.25, 0.3) is 0 Å². The van der Waals surface area contributed by atoms with Gasteiger partial charge in [0.1, 0.15) is 12.6 Å². The van der Waals surface area contributed by atoms with Gasteiger partial charge in [0.2, 0.25) is 0 Å². The zero-order valence-corrected chi connectivity index (χ0v) is 19.9. The highest BCUT2D eigenvalue weighted by Gasteiger charge is 2.28. The monoisotopic (exact) mass is 464 g/mol. The summed E-state index contributed by atoms with van der Waals surface area (Å²) in [5.74, 6) is 5.77. The Morgan fingerprint density at radius 2 is 1.50 bits per heavy atom. The number of carbonyl (C=O) groups is 2. The molecule has 1 saturated heterocycles. The fourth-order valence-electron chi connectivity index (χ4n) is 3.70. The van der Waals surface area contributed by atoms with E-state index < -0.39 is 30.6 Å². The molecule has 0 aliphatic carbocycles. The molecule has 0 aromatic heterocycles. The summed E-state index contributed by atoms with van der Waals surface area (Å²) in [6.45, 7) is 2.93. The van der Waals surface area contributed by atoms with Crippen LogP contribution in [0.1, 0.15) is 18.1 Å². The zero-order chi connectivity index (χ0) is 24.7. The van der Waals surface area contributed by atoms with Crippen LogP contribution in [0.15, 0.2) is 48.5 Å². The van der Waals surface area contributed by atoms with Crippen LogP contribution in [0.4, 0.5) is 16.2 Å². The molecule has 0 spiro atoms. The molecule has 1 fully saturated rings. The van der Waals surface area contributed by atoms with Crippen LogP contribution in [0.25, 0.3) is 0 Å². The molecule has 3 N–H and O–H groups in total. The van der Waals surface area contributed by atoms with Crippen molar-refractivity contribution >= 4 is 23.2 Å². The summed E-state index contributed by atoms with van der Waals surface area (Å²) in [5, 5.41) is 21.3. The van der Waals surface area contributed by atoms with Crippen LogP contribution in [0.3, 0.4) is 0 Å². The van der Waals surface area contributed by atoms with E-state index in [1.807, 2.05) is 67.5 Å². The van der Waals surface area contributed by atoms with E-state index in [-0.39, 0.29) is 0 Å². The Balaban J connectivity index is 1.54. The summed E-state index contributed by atoms with van der Waals surface area (Å²) < 4.78 is 0. The smallest absolute Gasteiger partial charge is 0.318 e. The van der Waals surface area contributed by atoms with Crippen molar-refractivity contribution in [2.24, 2.45) is 0 Å². The van der Waals surface area contributed by atoms with Crippen molar-refractivity contribution < 1.29 is 19.8 Å². The van der Waals surface area contributed by atoms with E-state index in [9.17, 15) is 14.7 Å². The minimum atomic E-state index is -1.12. The standard InChI is InChI=1S/C26H32N4O4/c1-19(32)25(24(33)18-31)27-26(34)30-16-14-29(15-17-30)23-12-8-21(9-13-23)5-4-20-6-10-22(11-7-20)28(2)3/h6-13,19,25,31-32H,14-18H2,1-3H3,(H,27,34)/t19-,25+/m1/s1. The topological polar surface area (TPSA) is 96.4 Å². The highest BCUT2D eigenvalue weighted by atomic mass is 16.3. The van der Waals surface area contributed by atoms with Crippen LogP contribution in [0.2, 0.25) is 0 Å². The Hall–Kier alpha value is -3.54. The molecular weight excluding hydrogens is 432 g/mol. The number of piperazine rings is 1. The molecule has 8 nitrogen and oxygen atoms in total. The predicted octanol–water partition coefficient (Wildman–Crippen LogP) is 1.29. The summed E-state index contributed by atoms with van der Waals surface area (Å²) in [7, 11) is 4.01. The second-order valence-corrected chi connectivity index (χ2v) is 8.50. The molecule has 2 aromatic carbocycles. The number of hydrogen-bond acceptors (Lipinski definition) is 6. The maximum absolute atomic E-state index is 12.5. The SMILES string of the molecule is C[C@@H](O)[C@H](NC(=O)N1CCN(c2ccc(C#Cc3ccc(N(C)C)cc3)cc2)CC1)C(=O)CO. The van der Waals surface area contributed by atoms with Gasteiger partial charge in [-0.25, -0.2) is 4.79 Å². The van der Waals surface area contributed by atoms with Gasteiger partial charge in [-0.3, -0.25) is 4.79 Å². The molecule has 2 atom stereocenters. The van der Waals surface area contributed by atoms with Crippen molar-refractivity contribution in [1.29, 1.82) is 0 Å². The number of aliphatic hydroxyl groups is 2. The minimum Gasteiger partial charge on any atom is -0.391 e. The van der Waals surface area contributed by atoms with Crippen LogP contribution in [0.5, 0.6) is 0 Å². The van der Waals surface area contributed by atoms with Crippen molar-refractivity contribution in [3.63, 3.8) is 0 Å². The third-order valence-electron chi connectivity index (χ3n) is 5.80. The molecule has 2 aromatic rings. The zero-order valence-electron chi connectivity index (χ0n) is 19.9. The van der Waals surface area contributed by atoms with Gasteiger partial charge in [0, 0.05) is 62.8 Å². The molecule has 8 heteroatoms. The van der Waals surface area contributed by atoms with E-state index >= 15 is 0 Å². The van der Waals surface area contributed by atoms with Crippen molar-refractivity contribution in [3.8, 4) is 11.8 Å². The van der Waals surface area contributed by atoms with Crippen molar-refractivity contribution in [2.45, 2.75) is 19.1 Å². The quantitative estimate of drug-likeness (QED) is 0.558. The first-order valence-corrected chi connectivity index (χ1v) is 11.3. The number of amides is 2. The fourth-order valence-corrected chi connectivity index (χ4v) is 3.70. The average Bonchev–Trinajstić information content (AvgIpc) is 2.86. The number of rotatable bonds is 6. The molecule has 0 bridgehead atoms. The first-order chi connectivity index (χ1) is 16.3. The van der Waals surface area contributed by atoms with Gasteiger partial charge in [-0.05, 0) is 55.5 Å². The highest BCUT2D eigenvalue weighted by molar-refractivity contribution is 5.89. The summed E-state index contributed by atoms with van der Waals surface area (Å²) in [6.07, 6.45) is -1.08. The Bertz CT molecular complexity index is 1030. The van der Waals surface area contributed by atoms with E-state index in [1.54, 1.807) is 4.90 Å². The van der Waals surface area contributed by atoms with Gasteiger partial charge < -0.3 is 30.2 Å². The number of benzene rings is 2. The maximum atomic E-state index is 12.5. The van der Waals surface area contributed by atoms with Gasteiger partial charge in [0.05, 0.1) is 6.10 Å². The normalized spacial score (nSPS) is 15.1. The molecule has 1 heterocycles. The first-order valence-electron chi connectivity index (χ1n) is 11.3. The molecule has 0 unspecified atom stereocenters. The van der Waals surface area contributed by atoms with Gasteiger partial charge in [0.15, 0.2) is 5.78 Å². The number of nitrogens with zero attached hydrogens (tertiary/aromatic N) is 3. The number of carbonyl (C=O) groups excluding carboxylic acids is 2. The maximum Gasteiger partial charge on any atom is 0.318 e. The van der Waals surface area contributed by atoms with Gasteiger partial charge in [-0.15, -0.1) is 0 Å². The lowest BCUT2D eigenvalue weighted by Crippen LogP contribution is -2.57. The van der Waals surface area contributed by atoms with Gasteiger partial charge in [-0.1, -0.05) is 11.8 Å². The lowest BCUT2D eigenvalue weighted by molar-refractivity contribution is -0.125.